The van der Waals surface area contributed by atoms with E-state index in [1.807, 2.05) is 6.92 Å². The maximum atomic E-state index is 12.4. The maximum Gasteiger partial charge on any atom is 0.409 e. The lowest BCUT2D eigenvalue weighted by Crippen LogP contribution is -2.39. The molecular formula is C14H24N2O4. The second-order valence-electron chi connectivity index (χ2n) is 5.69. The van der Waals surface area contributed by atoms with Crippen molar-refractivity contribution in [1.82, 2.24) is 9.80 Å². The van der Waals surface area contributed by atoms with Crippen LogP contribution in [0.5, 0.6) is 0 Å². The van der Waals surface area contributed by atoms with Crippen molar-refractivity contribution in [1.29, 1.82) is 0 Å². The minimum Gasteiger partial charge on any atom is -0.449 e. The lowest BCUT2D eigenvalue weighted by Gasteiger charge is -2.23. The third kappa shape index (κ3) is 2.90. The van der Waals surface area contributed by atoms with Gasteiger partial charge in [-0.15, -0.1) is 0 Å². The Bertz CT molecular complexity index is 374. The molecule has 2 saturated heterocycles. The third-order valence-electron chi connectivity index (χ3n) is 4.31. The van der Waals surface area contributed by atoms with Gasteiger partial charge in [-0.2, -0.15) is 0 Å². The first-order chi connectivity index (χ1) is 9.63. The van der Waals surface area contributed by atoms with Gasteiger partial charge in [-0.25, -0.2) is 4.79 Å². The molecule has 2 fully saturated rings. The van der Waals surface area contributed by atoms with Crippen molar-refractivity contribution in [3.63, 3.8) is 0 Å². The minimum absolute atomic E-state index is 0.00933. The van der Waals surface area contributed by atoms with E-state index in [4.69, 9.17) is 9.84 Å². The van der Waals surface area contributed by atoms with Gasteiger partial charge in [0.05, 0.1) is 18.6 Å². The van der Waals surface area contributed by atoms with Crippen molar-refractivity contribution in [3.8, 4) is 0 Å². The molecule has 2 aliphatic heterocycles. The molecule has 6 heteroatoms. The number of aliphatic hydroxyl groups is 1. The minimum atomic E-state index is -0.432. The van der Waals surface area contributed by atoms with Gasteiger partial charge in [0, 0.05) is 26.2 Å². The smallest absolute Gasteiger partial charge is 0.409 e. The Hall–Kier alpha value is -1.30. The molecule has 2 heterocycles. The molecule has 0 aliphatic carbocycles. The molecule has 20 heavy (non-hydrogen) atoms. The Morgan fingerprint density at radius 3 is 2.85 bits per heavy atom. The van der Waals surface area contributed by atoms with E-state index in [9.17, 15) is 9.59 Å². The molecule has 1 atom stereocenters. The molecule has 114 valence electrons. The number of hydrogen-bond donors (Lipinski definition) is 1. The van der Waals surface area contributed by atoms with Crippen LogP contribution in [0.4, 0.5) is 4.79 Å². The molecular weight excluding hydrogens is 260 g/mol. The van der Waals surface area contributed by atoms with Crippen LogP contribution in [0, 0.1) is 5.41 Å². The standard InChI is InChI=1S/C14H24N2O4/c1-2-3-10-20-13(19)16-7-5-14(11-16)4-6-15(8-9-17)12(14)18/h17H,2-11H2,1H3. The average Bonchev–Trinajstić information content (AvgIpc) is 3.00. The van der Waals surface area contributed by atoms with Crippen LogP contribution >= 0.6 is 0 Å². The van der Waals surface area contributed by atoms with Crippen molar-refractivity contribution < 1.29 is 19.4 Å². The molecule has 2 aliphatic rings. The van der Waals surface area contributed by atoms with E-state index in [1.54, 1.807) is 9.80 Å². The largest absolute Gasteiger partial charge is 0.449 e. The van der Waals surface area contributed by atoms with Gasteiger partial charge in [0.1, 0.15) is 0 Å². The molecule has 0 saturated carbocycles. The van der Waals surface area contributed by atoms with Crippen molar-refractivity contribution in [3.05, 3.63) is 0 Å². The van der Waals surface area contributed by atoms with E-state index >= 15 is 0 Å². The molecule has 2 amide bonds. The Morgan fingerprint density at radius 1 is 1.40 bits per heavy atom. The first-order valence-corrected chi connectivity index (χ1v) is 7.45. The molecule has 0 bridgehead atoms. The topological polar surface area (TPSA) is 70.1 Å². The zero-order chi connectivity index (χ0) is 14.6. The molecule has 1 N–H and O–H groups in total. The number of carbonyl (C=O) groups excluding carboxylic acids is 2. The first-order valence-electron chi connectivity index (χ1n) is 7.45. The first kappa shape index (κ1) is 15.1. The Kier molecular flexibility index (Phi) is 4.86. The van der Waals surface area contributed by atoms with Crippen molar-refractivity contribution >= 4 is 12.0 Å². The van der Waals surface area contributed by atoms with Crippen molar-refractivity contribution in [2.45, 2.75) is 32.6 Å². The SMILES string of the molecule is CCCCOC(=O)N1CCC2(CCN(CCO)C2=O)C1. The highest BCUT2D eigenvalue weighted by Crippen LogP contribution is 2.40. The molecule has 0 aromatic carbocycles. The summed E-state index contributed by atoms with van der Waals surface area (Å²) in [7, 11) is 0. The second kappa shape index (κ2) is 6.43. The number of aliphatic hydroxyl groups excluding tert-OH is 1. The summed E-state index contributed by atoms with van der Waals surface area (Å²) in [6.07, 6.45) is 3.03. The molecule has 0 aromatic heterocycles. The number of β-amino-alcohol motifs (C(OH)–C–C–N with tert-alkyl or cyclic N) is 1. The number of carbonyl (C=O) groups is 2. The van der Waals surface area contributed by atoms with Crippen LogP contribution in [0.3, 0.4) is 0 Å². The van der Waals surface area contributed by atoms with Gasteiger partial charge in [0.2, 0.25) is 5.91 Å². The van der Waals surface area contributed by atoms with Crippen LogP contribution in [0.25, 0.3) is 0 Å². The summed E-state index contributed by atoms with van der Waals surface area (Å²) in [5.74, 6) is 0.0791. The van der Waals surface area contributed by atoms with Gasteiger partial charge in [0.25, 0.3) is 0 Å². The number of unbranched alkanes of at least 4 members (excludes halogenated alkanes) is 1. The number of amides is 2. The second-order valence-corrected chi connectivity index (χ2v) is 5.69. The van der Waals surface area contributed by atoms with Crippen LogP contribution in [-0.2, 0) is 9.53 Å². The number of rotatable bonds is 5. The van der Waals surface area contributed by atoms with Crippen LogP contribution < -0.4 is 0 Å². The third-order valence-corrected chi connectivity index (χ3v) is 4.31. The highest BCUT2D eigenvalue weighted by Gasteiger charge is 2.51. The van der Waals surface area contributed by atoms with Crippen LogP contribution in [-0.4, -0.2) is 66.3 Å². The van der Waals surface area contributed by atoms with E-state index in [1.165, 1.54) is 0 Å². The van der Waals surface area contributed by atoms with Gasteiger partial charge in [-0.1, -0.05) is 13.3 Å². The molecule has 1 spiro atoms. The molecule has 6 nitrogen and oxygen atoms in total. The molecule has 1 unspecified atom stereocenters. The normalized spacial score (nSPS) is 25.8. The molecule has 0 aromatic rings. The lowest BCUT2D eigenvalue weighted by atomic mass is 9.85. The zero-order valence-electron chi connectivity index (χ0n) is 12.1. The van der Waals surface area contributed by atoms with Gasteiger partial charge < -0.3 is 19.6 Å². The van der Waals surface area contributed by atoms with Crippen molar-refractivity contribution in [2.24, 2.45) is 5.41 Å². The number of nitrogens with zero attached hydrogens (tertiary/aromatic N) is 2. The predicted octanol–water partition coefficient (Wildman–Crippen LogP) is 0.840. The van der Waals surface area contributed by atoms with Crippen LogP contribution in [0.2, 0.25) is 0 Å². The zero-order valence-corrected chi connectivity index (χ0v) is 12.1. The van der Waals surface area contributed by atoms with Crippen LogP contribution in [0.15, 0.2) is 0 Å². The number of ether oxygens (including phenoxy) is 1. The summed E-state index contributed by atoms with van der Waals surface area (Å²) in [4.78, 5) is 27.6. The summed E-state index contributed by atoms with van der Waals surface area (Å²) < 4.78 is 5.20. The Morgan fingerprint density at radius 2 is 2.15 bits per heavy atom. The quantitative estimate of drug-likeness (QED) is 0.760. The van der Waals surface area contributed by atoms with E-state index in [0.29, 0.717) is 39.2 Å². The van der Waals surface area contributed by atoms with E-state index in [0.717, 1.165) is 19.3 Å². The van der Waals surface area contributed by atoms with Crippen LogP contribution in [0.1, 0.15) is 32.6 Å². The number of likely N-dealkylation sites (tertiary alicyclic amines) is 2. The fourth-order valence-electron chi connectivity index (χ4n) is 3.03. The van der Waals surface area contributed by atoms with Gasteiger partial charge in [-0.05, 0) is 19.3 Å². The fraction of sp³-hybridized carbons (Fsp3) is 0.857. The van der Waals surface area contributed by atoms with E-state index in [-0.39, 0.29) is 18.6 Å². The summed E-state index contributed by atoms with van der Waals surface area (Å²) in [6, 6.07) is 0. The number of hydrogen-bond acceptors (Lipinski definition) is 4. The Labute approximate surface area is 119 Å². The molecule has 0 radical (unpaired) electrons. The van der Waals surface area contributed by atoms with Crippen molar-refractivity contribution in [2.75, 3.05) is 39.4 Å². The highest BCUT2D eigenvalue weighted by atomic mass is 16.6. The summed E-state index contributed by atoms with van der Waals surface area (Å²) in [5, 5.41) is 8.96. The van der Waals surface area contributed by atoms with Gasteiger partial charge >= 0.3 is 6.09 Å². The monoisotopic (exact) mass is 284 g/mol. The van der Waals surface area contributed by atoms with Gasteiger partial charge in [0.15, 0.2) is 0 Å². The maximum absolute atomic E-state index is 12.4. The van der Waals surface area contributed by atoms with E-state index < -0.39 is 5.41 Å². The lowest BCUT2D eigenvalue weighted by molar-refractivity contribution is -0.135. The highest BCUT2D eigenvalue weighted by molar-refractivity contribution is 5.86. The van der Waals surface area contributed by atoms with E-state index in [2.05, 4.69) is 0 Å². The average molecular weight is 284 g/mol. The van der Waals surface area contributed by atoms with Gasteiger partial charge in [-0.3, -0.25) is 4.79 Å². The summed E-state index contributed by atoms with van der Waals surface area (Å²) in [5.41, 5.74) is -0.432. The predicted molar refractivity (Wildman–Crippen MR) is 73.2 cm³/mol. The Balaban J connectivity index is 1.88. The molecule has 2 rings (SSSR count). The fourth-order valence-corrected chi connectivity index (χ4v) is 3.03. The summed E-state index contributed by atoms with van der Waals surface area (Å²) in [6.45, 7) is 4.60. The summed E-state index contributed by atoms with van der Waals surface area (Å²) >= 11 is 0.